The first-order valence-corrected chi connectivity index (χ1v) is 6.41. The molecule has 0 nitrogen and oxygen atoms in total. The summed E-state index contributed by atoms with van der Waals surface area (Å²) < 4.78 is 65.6. The van der Waals surface area contributed by atoms with Crippen LogP contribution in [0, 0.1) is 29.1 Å². The topological polar surface area (TPSA) is 0 Å². The van der Waals surface area contributed by atoms with Crippen LogP contribution in [0.2, 0.25) is 5.02 Å². The lowest BCUT2D eigenvalue weighted by molar-refractivity contribution is 0.377. The summed E-state index contributed by atoms with van der Waals surface area (Å²) in [4.78, 5) is 0. The van der Waals surface area contributed by atoms with E-state index in [1.54, 1.807) is 30.3 Å². The van der Waals surface area contributed by atoms with Crippen molar-refractivity contribution < 1.29 is 22.0 Å². The third-order valence-corrected chi connectivity index (χ3v) is 3.03. The summed E-state index contributed by atoms with van der Waals surface area (Å²) in [5, 5.41) is 0.550. The van der Waals surface area contributed by atoms with E-state index >= 15 is 0 Å². The van der Waals surface area contributed by atoms with Gasteiger partial charge in [0.05, 0.1) is 5.56 Å². The maximum absolute atomic E-state index is 13.4. The molecule has 2 rings (SSSR count). The molecule has 2 aromatic rings. The highest BCUT2D eigenvalue weighted by Crippen LogP contribution is 2.24. The van der Waals surface area contributed by atoms with Gasteiger partial charge < -0.3 is 0 Å². The number of benzene rings is 2. The fourth-order valence-electron chi connectivity index (χ4n) is 1.66. The molecule has 0 atom stereocenters. The van der Waals surface area contributed by atoms with Gasteiger partial charge in [-0.15, -0.1) is 0 Å². The van der Waals surface area contributed by atoms with Crippen LogP contribution in [0.3, 0.4) is 0 Å². The van der Waals surface area contributed by atoms with Crippen molar-refractivity contribution in [3.63, 3.8) is 0 Å². The van der Waals surface area contributed by atoms with E-state index in [0.717, 1.165) is 11.6 Å². The highest BCUT2D eigenvalue weighted by molar-refractivity contribution is 6.30. The Bertz CT molecular complexity index is 719. The van der Waals surface area contributed by atoms with Crippen LogP contribution in [0.25, 0.3) is 12.2 Å². The van der Waals surface area contributed by atoms with Gasteiger partial charge in [0, 0.05) is 5.02 Å². The van der Waals surface area contributed by atoms with Gasteiger partial charge in [-0.1, -0.05) is 42.0 Å². The summed E-state index contributed by atoms with van der Waals surface area (Å²) in [7, 11) is 0. The number of halogens is 6. The van der Waals surface area contributed by atoms with Crippen LogP contribution in [0.1, 0.15) is 11.1 Å². The zero-order valence-electron chi connectivity index (χ0n) is 10.9. The molecule has 0 aliphatic rings. The molecule has 0 heterocycles. The SMILES string of the molecule is Fc1c(F)c(F)c(/C=C/C=C/c2ccc(Cl)cc2)c(F)c1F. The minimum Gasteiger partial charge on any atom is -0.203 e. The Morgan fingerprint density at radius 1 is 0.636 bits per heavy atom. The molecule has 0 saturated carbocycles. The Balaban J connectivity index is 2.26. The van der Waals surface area contributed by atoms with Gasteiger partial charge in [-0.2, -0.15) is 0 Å². The Morgan fingerprint density at radius 2 is 1.09 bits per heavy atom. The van der Waals surface area contributed by atoms with Gasteiger partial charge in [0.15, 0.2) is 23.3 Å². The van der Waals surface area contributed by atoms with Crippen molar-refractivity contribution in [2.24, 2.45) is 0 Å². The molecule has 114 valence electrons. The van der Waals surface area contributed by atoms with Crippen LogP contribution in [0.4, 0.5) is 22.0 Å². The van der Waals surface area contributed by atoms with Crippen molar-refractivity contribution in [3.8, 4) is 0 Å². The largest absolute Gasteiger partial charge is 0.203 e. The van der Waals surface area contributed by atoms with E-state index in [0.29, 0.717) is 5.02 Å². The average molecular weight is 331 g/mol. The van der Waals surface area contributed by atoms with E-state index in [2.05, 4.69) is 0 Å². The molecule has 0 amide bonds. The fraction of sp³-hybridized carbons (Fsp3) is 0. The van der Waals surface area contributed by atoms with Gasteiger partial charge in [-0.3, -0.25) is 0 Å². The Morgan fingerprint density at radius 3 is 1.64 bits per heavy atom. The van der Waals surface area contributed by atoms with Gasteiger partial charge in [-0.05, 0) is 23.8 Å². The van der Waals surface area contributed by atoms with Crippen LogP contribution in [-0.4, -0.2) is 0 Å². The quantitative estimate of drug-likeness (QED) is 0.290. The summed E-state index contributed by atoms with van der Waals surface area (Å²) >= 11 is 5.71. The van der Waals surface area contributed by atoms with E-state index in [1.165, 1.54) is 12.2 Å². The fourth-order valence-corrected chi connectivity index (χ4v) is 1.79. The van der Waals surface area contributed by atoms with E-state index in [-0.39, 0.29) is 0 Å². The molecule has 0 aromatic heterocycles. The van der Waals surface area contributed by atoms with Gasteiger partial charge in [0.25, 0.3) is 0 Å². The average Bonchev–Trinajstić information content (AvgIpc) is 2.52. The van der Waals surface area contributed by atoms with E-state index in [9.17, 15) is 22.0 Å². The second-order valence-electron chi connectivity index (χ2n) is 4.25. The molecule has 0 aliphatic heterocycles. The zero-order valence-corrected chi connectivity index (χ0v) is 11.6. The number of hydrogen-bond acceptors (Lipinski definition) is 0. The van der Waals surface area contributed by atoms with Crippen LogP contribution in [0.15, 0.2) is 36.4 Å². The maximum Gasteiger partial charge on any atom is 0.200 e. The molecule has 6 heteroatoms. The highest BCUT2D eigenvalue weighted by Gasteiger charge is 2.23. The van der Waals surface area contributed by atoms with Crippen molar-refractivity contribution in [3.05, 3.63) is 81.7 Å². The predicted molar refractivity (Wildman–Crippen MR) is 75.8 cm³/mol. The van der Waals surface area contributed by atoms with Crippen molar-refractivity contribution in [1.29, 1.82) is 0 Å². The first-order chi connectivity index (χ1) is 10.4. The monoisotopic (exact) mass is 330 g/mol. The van der Waals surface area contributed by atoms with Crippen LogP contribution in [-0.2, 0) is 0 Å². The van der Waals surface area contributed by atoms with Gasteiger partial charge >= 0.3 is 0 Å². The van der Waals surface area contributed by atoms with Gasteiger partial charge in [-0.25, -0.2) is 22.0 Å². The summed E-state index contributed by atoms with van der Waals surface area (Å²) in [5.41, 5.74) is -0.233. The summed E-state index contributed by atoms with van der Waals surface area (Å²) in [6.07, 6.45) is 4.97. The van der Waals surface area contributed by atoms with Crippen LogP contribution < -0.4 is 0 Å². The number of rotatable bonds is 3. The van der Waals surface area contributed by atoms with Crippen molar-refractivity contribution in [2.75, 3.05) is 0 Å². The summed E-state index contributed by atoms with van der Waals surface area (Å²) in [5.74, 6) is -9.86. The Hall–Kier alpha value is -2.14. The lowest BCUT2D eigenvalue weighted by atomic mass is 10.1. The van der Waals surface area contributed by atoms with E-state index in [4.69, 9.17) is 11.6 Å². The van der Waals surface area contributed by atoms with Gasteiger partial charge in [0.2, 0.25) is 5.82 Å². The molecule has 2 aromatic carbocycles. The molecule has 0 saturated heterocycles. The first kappa shape index (κ1) is 16.2. The lowest BCUT2D eigenvalue weighted by Gasteiger charge is -2.03. The maximum atomic E-state index is 13.4. The van der Waals surface area contributed by atoms with Crippen LogP contribution in [0.5, 0.6) is 0 Å². The standard InChI is InChI=1S/C16H8ClF5/c17-10-7-5-9(6-8-10)3-1-2-4-11-12(18)14(20)16(22)15(21)13(11)19/h1-8H/b3-1+,4-2+. The summed E-state index contributed by atoms with van der Waals surface area (Å²) in [6, 6.07) is 6.69. The second kappa shape index (κ2) is 6.75. The highest BCUT2D eigenvalue weighted by atomic mass is 35.5. The van der Waals surface area contributed by atoms with Crippen molar-refractivity contribution >= 4 is 23.8 Å². The molecule has 0 unspecified atom stereocenters. The lowest BCUT2D eigenvalue weighted by Crippen LogP contribution is -2.03. The smallest absolute Gasteiger partial charge is 0.200 e. The Kier molecular flexibility index (Phi) is 4.98. The molecular formula is C16H8ClF5. The Labute approximate surface area is 128 Å². The minimum atomic E-state index is -2.18. The zero-order chi connectivity index (χ0) is 16.3. The minimum absolute atomic E-state index is 0.550. The van der Waals surface area contributed by atoms with E-state index in [1.807, 2.05) is 0 Å². The van der Waals surface area contributed by atoms with Gasteiger partial charge in [0.1, 0.15) is 0 Å². The number of hydrogen-bond donors (Lipinski definition) is 0. The predicted octanol–water partition coefficient (Wildman–Crippen LogP) is 5.76. The molecule has 0 aliphatic carbocycles. The molecule has 0 N–H and O–H groups in total. The molecule has 0 bridgehead atoms. The second-order valence-corrected chi connectivity index (χ2v) is 4.69. The van der Waals surface area contributed by atoms with E-state index < -0.39 is 34.6 Å². The molecular weight excluding hydrogens is 323 g/mol. The molecule has 22 heavy (non-hydrogen) atoms. The first-order valence-electron chi connectivity index (χ1n) is 6.03. The molecule has 0 spiro atoms. The van der Waals surface area contributed by atoms with Crippen molar-refractivity contribution in [1.82, 2.24) is 0 Å². The number of allylic oxidation sites excluding steroid dienone is 2. The third-order valence-electron chi connectivity index (χ3n) is 2.78. The summed E-state index contributed by atoms with van der Waals surface area (Å²) in [6.45, 7) is 0. The van der Waals surface area contributed by atoms with Crippen LogP contribution >= 0.6 is 11.6 Å². The normalized spacial score (nSPS) is 11.7. The van der Waals surface area contributed by atoms with Crippen molar-refractivity contribution in [2.45, 2.75) is 0 Å². The molecule has 0 radical (unpaired) electrons. The molecule has 0 fully saturated rings. The third kappa shape index (κ3) is 3.36.